The number of likely N-dealkylation sites (tertiary alicyclic amines) is 1. The molecule has 2 fully saturated rings. The number of rotatable bonds is 1. The Morgan fingerprint density at radius 1 is 1.50 bits per heavy atom. The van der Waals surface area contributed by atoms with Crippen LogP contribution in [0.25, 0.3) is 0 Å². The molecule has 5 nitrogen and oxygen atoms in total. The molecule has 14 heavy (non-hydrogen) atoms. The molecule has 0 aliphatic carbocycles. The van der Waals surface area contributed by atoms with E-state index in [1.807, 2.05) is 18.7 Å². The Bertz CT molecular complexity index is 314. The Morgan fingerprint density at radius 3 is 2.64 bits per heavy atom. The lowest BCUT2D eigenvalue weighted by molar-refractivity contribution is -0.318. The van der Waals surface area contributed by atoms with Crippen LogP contribution in [0.3, 0.4) is 0 Å². The summed E-state index contributed by atoms with van der Waals surface area (Å²) in [5.41, 5.74) is 0. The van der Waals surface area contributed by atoms with Crippen LogP contribution in [-0.4, -0.2) is 32.3 Å². The van der Waals surface area contributed by atoms with Crippen LogP contribution >= 0.6 is 0 Å². The van der Waals surface area contributed by atoms with Crippen molar-refractivity contribution in [2.24, 2.45) is 5.92 Å². The van der Waals surface area contributed by atoms with Crippen LogP contribution in [0.15, 0.2) is 0 Å². The minimum absolute atomic E-state index is 0.0970. The van der Waals surface area contributed by atoms with Gasteiger partial charge in [-0.25, -0.2) is 0 Å². The Balaban J connectivity index is 2.21. The van der Waals surface area contributed by atoms with Crippen LogP contribution in [0.5, 0.6) is 0 Å². The standard InChI is InChI=1S/C8H15NO4S/c1-3-9-6-4-5-7(2)8(9)12-14(10,11)13-8/h7H,3-6H2,1-2H3. The van der Waals surface area contributed by atoms with Gasteiger partial charge in [-0.3, -0.25) is 4.90 Å². The number of hydrogen-bond donors (Lipinski definition) is 0. The molecule has 0 amide bonds. The molecule has 1 spiro atoms. The van der Waals surface area contributed by atoms with Gasteiger partial charge in [0.2, 0.25) is 0 Å². The van der Waals surface area contributed by atoms with Gasteiger partial charge in [-0.1, -0.05) is 13.8 Å². The fraction of sp³-hybridized carbons (Fsp3) is 1.00. The zero-order valence-corrected chi connectivity index (χ0v) is 9.21. The van der Waals surface area contributed by atoms with Gasteiger partial charge in [0.1, 0.15) is 0 Å². The zero-order valence-electron chi connectivity index (χ0n) is 8.39. The van der Waals surface area contributed by atoms with Crippen molar-refractivity contribution in [3.8, 4) is 0 Å². The maximum Gasteiger partial charge on any atom is 0.407 e. The SMILES string of the molecule is CCN1CCCC(C)C12OS(=O)(=O)O2. The van der Waals surface area contributed by atoms with Gasteiger partial charge in [-0.15, -0.1) is 0 Å². The third kappa shape index (κ3) is 1.37. The van der Waals surface area contributed by atoms with E-state index < -0.39 is 16.3 Å². The van der Waals surface area contributed by atoms with Crippen molar-refractivity contribution in [2.45, 2.75) is 32.6 Å². The molecule has 0 aromatic heterocycles. The van der Waals surface area contributed by atoms with Crippen molar-refractivity contribution in [1.82, 2.24) is 4.90 Å². The molecule has 0 aromatic rings. The second-order valence-corrected chi connectivity index (χ2v) is 4.98. The van der Waals surface area contributed by atoms with Crippen molar-refractivity contribution in [3.05, 3.63) is 0 Å². The molecule has 2 heterocycles. The van der Waals surface area contributed by atoms with Crippen LogP contribution in [0.2, 0.25) is 0 Å². The van der Waals surface area contributed by atoms with E-state index in [9.17, 15) is 8.42 Å². The van der Waals surface area contributed by atoms with E-state index in [1.165, 1.54) is 0 Å². The minimum Gasteiger partial charge on any atom is -0.250 e. The van der Waals surface area contributed by atoms with Gasteiger partial charge >= 0.3 is 10.4 Å². The fourth-order valence-electron chi connectivity index (χ4n) is 2.19. The highest BCUT2D eigenvalue weighted by molar-refractivity contribution is 7.82. The summed E-state index contributed by atoms with van der Waals surface area (Å²) in [6.07, 6.45) is 2.00. The highest BCUT2D eigenvalue weighted by atomic mass is 32.3. The summed E-state index contributed by atoms with van der Waals surface area (Å²) in [6.45, 7) is 5.49. The van der Waals surface area contributed by atoms with Crippen LogP contribution in [0.4, 0.5) is 0 Å². The fourth-order valence-corrected chi connectivity index (χ4v) is 3.32. The van der Waals surface area contributed by atoms with Gasteiger partial charge in [0.25, 0.3) is 5.91 Å². The first-order chi connectivity index (χ1) is 6.50. The predicted octanol–water partition coefficient (Wildman–Crippen LogP) is 0.684. The van der Waals surface area contributed by atoms with Crippen molar-refractivity contribution < 1.29 is 16.8 Å². The van der Waals surface area contributed by atoms with E-state index in [0.29, 0.717) is 0 Å². The van der Waals surface area contributed by atoms with Gasteiger partial charge in [0.15, 0.2) is 0 Å². The zero-order chi connectivity index (χ0) is 10.4. The maximum atomic E-state index is 10.9. The molecule has 2 rings (SSSR count). The molecule has 2 aliphatic rings. The van der Waals surface area contributed by atoms with E-state index in [4.69, 9.17) is 8.37 Å². The van der Waals surface area contributed by atoms with Crippen LogP contribution in [0, 0.1) is 5.92 Å². The molecule has 0 aromatic carbocycles. The summed E-state index contributed by atoms with van der Waals surface area (Å²) in [7, 11) is -3.71. The monoisotopic (exact) mass is 221 g/mol. The topological polar surface area (TPSA) is 55.8 Å². The molecule has 2 saturated heterocycles. The summed E-state index contributed by atoms with van der Waals surface area (Å²) in [6, 6.07) is 0. The summed E-state index contributed by atoms with van der Waals surface area (Å²) >= 11 is 0. The molecular formula is C8H15NO4S. The lowest BCUT2D eigenvalue weighted by atomic mass is 9.95. The normalized spacial score (nSPS) is 35.4. The lowest BCUT2D eigenvalue weighted by Crippen LogP contribution is -2.67. The first-order valence-corrected chi connectivity index (χ1v) is 6.25. The van der Waals surface area contributed by atoms with E-state index in [0.717, 1.165) is 25.9 Å². The quantitative estimate of drug-likeness (QED) is 0.652. The smallest absolute Gasteiger partial charge is 0.250 e. The van der Waals surface area contributed by atoms with Gasteiger partial charge in [-0.05, 0) is 12.8 Å². The summed E-state index contributed by atoms with van der Waals surface area (Å²) in [5.74, 6) is -0.897. The third-order valence-corrected chi connectivity index (χ3v) is 3.84. The molecule has 0 N–H and O–H groups in total. The molecule has 0 radical (unpaired) electrons. The highest BCUT2D eigenvalue weighted by Gasteiger charge is 2.60. The van der Waals surface area contributed by atoms with Crippen molar-refractivity contribution >= 4 is 10.4 Å². The molecule has 1 unspecified atom stereocenters. The minimum atomic E-state index is -3.71. The average Bonchev–Trinajstić information content (AvgIpc) is 2.06. The van der Waals surface area contributed by atoms with Crippen LogP contribution in [0.1, 0.15) is 26.7 Å². The van der Waals surface area contributed by atoms with Gasteiger partial charge in [-0.2, -0.15) is 16.8 Å². The first kappa shape index (κ1) is 10.4. The van der Waals surface area contributed by atoms with Gasteiger partial charge < -0.3 is 0 Å². The van der Waals surface area contributed by atoms with Gasteiger partial charge in [0.05, 0.1) is 0 Å². The van der Waals surface area contributed by atoms with Crippen molar-refractivity contribution in [1.29, 1.82) is 0 Å². The Morgan fingerprint density at radius 2 is 2.14 bits per heavy atom. The molecule has 0 bridgehead atoms. The summed E-state index contributed by atoms with van der Waals surface area (Å²) in [5, 5.41) is 0. The average molecular weight is 221 g/mol. The lowest BCUT2D eigenvalue weighted by Gasteiger charge is -2.52. The maximum absolute atomic E-state index is 10.9. The Hall–Kier alpha value is -0.170. The number of hydrogen-bond acceptors (Lipinski definition) is 5. The molecule has 2 aliphatic heterocycles. The van der Waals surface area contributed by atoms with Crippen LogP contribution < -0.4 is 0 Å². The summed E-state index contributed by atoms with van der Waals surface area (Å²) < 4.78 is 31.7. The first-order valence-electron chi connectivity index (χ1n) is 4.91. The van der Waals surface area contributed by atoms with Crippen molar-refractivity contribution in [2.75, 3.05) is 13.1 Å². The van der Waals surface area contributed by atoms with Crippen molar-refractivity contribution in [3.63, 3.8) is 0 Å². The van der Waals surface area contributed by atoms with E-state index in [2.05, 4.69) is 0 Å². The molecular weight excluding hydrogens is 206 g/mol. The molecule has 82 valence electrons. The predicted molar refractivity (Wildman–Crippen MR) is 49.5 cm³/mol. The Kier molecular flexibility index (Phi) is 2.34. The Labute approximate surface area is 84.3 Å². The van der Waals surface area contributed by atoms with Crippen LogP contribution in [-0.2, 0) is 18.8 Å². The molecule has 1 atom stereocenters. The van der Waals surface area contributed by atoms with E-state index >= 15 is 0 Å². The third-order valence-electron chi connectivity index (χ3n) is 2.95. The number of piperidine rings is 1. The molecule has 6 heteroatoms. The number of nitrogens with zero attached hydrogens (tertiary/aromatic N) is 1. The van der Waals surface area contributed by atoms with E-state index in [-0.39, 0.29) is 5.92 Å². The largest absolute Gasteiger partial charge is 0.407 e. The second kappa shape index (κ2) is 3.16. The highest BCUT2D eigenvalue weighted by Crippen LogP contribution is 2.44. The summed E-state index contributed by atoms with van der Waals surface area (Å²) in [4.78, 5) is 1.93. The van der Waals surface area contributed by atoms with E-state index in [1.54, 1.807) is 0 Å². The second-order valence-electron chi connectivity index (χ2n) is 3.83. The van der Waals surface area contributed by atoms with Gasteiger partial charge in [0, 0.05) is 19.0 Å². The molecule has 0 saturated carbocycles.